The molecule has 102 valence electrons. The van der Waals surface area contributed by atoms with Gasteiger partial charge in [0.15, 0.2) is 6.10 Å². The van der Waals surface area contributed by atoms with Gasteiger partial charge in [-0.3, -0.25) is 14.4 Å². The van der Waals surface area contributed by atoms with E-state index in [0.717, 1.165) is 0 Å². The molecule has 0 heterocycles. The summed E-state index contributed by atoms with van der Waals surface area (Å²) >= 11 is 3.23. The first-order valence-corrected chi connectivity index (χ1v) is 6.22. The molecule has 3 N–H and O–H groups in total. The third-order valence-electron chi connectivity index (χ3n) is 2.22. The lowest BCUT2D eigenvalue weighted by atomic mass is 10.2. The van der Waals surface area contributed by atoms with Gasteiger partial charge in [-0.05, 0) is 35.0 Å². The first kappa shape index (κ1) is 15.2. The Bertz CT molecular complexity index is 504. The van der Waals surface area contributed by atoms with Crippen LogP contribution in [0.5, 0.6) is 0 Å². The van der Waals surface area contributed by atoms with E-state index in [1.165, 1.54) is 6.92 Å². The highest BCUT2D eigenvalue weighted by molar-refractivity contribution is 9.10. The van der Waals surface area contributed by atoms with Crippen molar-refractivity contribution in [1.82, 2.24) is 5.32 Å². The van der Waals surface area contributed by atoms with Crippen molar-refractivity contribution in [2.75, 3.05) is 6.54 Å². The molecule has 0 aromatic heterocycles. The number of hydrogen-bond donors (Lipinski definition) is 2. The van der Waals surface area contributed by atoms with E-state index in [4.69, 9.17) is 5.73 Å². The second kappa shape index (κ2) is 6.89. The molecule has 1 aromatic carbocycles. The van der Waals surface area contributed by atoms with Crippen LogP contribution in [-0.4, -0.2) is 30.4 Å². The molecule has 1 rings (SSSR count). The van der Waals surface area contributed by atoms with Crippen molar-refractivity contribution in [2.45, 2.75) is 13.0 Å². The normalized spacial score (nSPS) is 11.5. The lowest BCUT2D eigenvalue weighted by molar-refractivity contribution is -0.152. The van der Waals surface area contributed by atoms with Crippen LogP contribution in [0, 0.1) is 0 Å². The van der Waals surface area contributed by atoms with Crippen molar-refractivity contribution in [1.29, 1.82) is 0 Å². The standard InChI is InChI=1S/C12H13BrN2O4/c1-7(11(14)17)19-10(16)6-15-12(18)8-4-2-3-5-9(8)13/h2-5,7H,6H2,1H3,(H2,14,17)(H,15,18)/t7-/m1/s1. The average molecular weight is 329 g/mol. The molecule has 19 heavy (non-hydrogen) atoms. The van der Waals surface area contributed by atoms with Crippen LogP contribution in [0.15, 0.2) is 28.7 Å². The highest BCUT2D eigenvalue weighted by Crippen LogP contribution is 2.15. The Labute approximate surface area is 118 Å². The lowest BCUT2D eigenvalue weighted by Gasteiger charge is -2.10. The maximum atomic E-state index is 11.7. The third-order valence-corrected chi connectivity index (χ3v) is 2.91. The molecule has 0 aliphatic heterocycles. The molecule has 1 atom stereocenters. The Hall–Kier alpha value is -1.89. The van der Waals surface area contributed by atoms with E-state index in [0.29, 0.717) is 10.0 Å². The SMILES string of the molecule is C[C@@H](OC(=O)CNC(=O)c1ccccc1Br)C(N)=O. The van der Waals surface area contributed by atoms with Crippen molar-refractivity contribution >= 4 is 33.7 Å². The summed E-state index contributed by atoms with van der Waals surface area (Å²) < 4.78 is 5.31. The van der Waals surface area contributed by atoms with Gasteiger partial charge in [0.2, 0.25) is 0 Å². The van der Waals surface area contributed by atoms with Crippen molar-refractivity contribution in [3.05, 3.63) is 34.3 Å². The van der Waals surface area contributed by atoms with Gasteiger partial charge in [-0.25, -0.2) is 0 Å². The maximum Gasteiger partial charge on any atom is 0.326 e. The number of carbonyl (C=O) groups is 3. The third kappa shape index (κ3) is 4.70. The number of hydrogen-bond acceptors (Lipinski definition) is 4. The number of amides is 2. The molecule has 0 bridgehead atoms. The molecule has 6 nitrogen and oxygen atoms in total. The van der Waals surface area contributed by atoms with Crippen LogP contribution in [0.1, 0.15) is 17.3 Å². The molecular formula is C12H13BrN2O4. The van der Waals surface area contributed by atoms with E-state index in [-0.39, 0.29) is 6.54 Å². The topological polar surface area (TPSA) is 98.5 Å². The second-order valence-electron chi connectivity index (χ2n) is 3.70. The summed E-state index contributed by atoms with van der Waals surface area (Å²) in [7, 11) is 0. The molecule has 0 saturated heterocycles. The smallest absolute Gasteiger partial charge is 0.326 e. The van der Waals surface area contributed by atoms with Crippen LogP contribution in [0.3, 0.4) is 0 Å². The van der Waals surface area contributed by atoms with Gasteiger partial charge >= 0.3 is 5.97 Å². The summed E-state index contributed by atoms with van der Waals surface area (Å²) in [5.41, 5.74) is 5.34. The number of nitrogens with one attached hydrogen (secondary N) is 1. The largest absolute Gasteiger partial charge is 0.451 e. The summed E-state index contributed by atoms with van der Waals surface area (Å²) in [4.78, 5) is 33.8. The van der Waals surface area contributed by atoms with E-state index in [1.807, 2.05) is 0 Å². The number of esters is 1. The van der Waals surface area contributed by atoms with Crippen LogP contribution in [0.25, 0.3) is 0 Å². The number of nitrogens with two attached hydrogens (primary N) is 1. The summed E-state index contributed by atoms with van der Waals surface area (Å²) in [5.74, 6) is -1.90. The molecule has 2 amide bonds. The fourth-order valence-corrected chi connectivity index (χ4v) is 1.65. The van der Waals surface area contributed by atoms with Crippen LogP contribution in [-0.2, 0) is 14.3 Å². The molecule has 0 radical (unpaired) electrons. The number of primary amides is 1. The molecule has 0 saturated carbocycles. The highest BCUT2D eigenvalue weighted by atomic mass is 79.9. The van der Waals surface area contributed by atoms with Gasteiger partial charge in [-0.2, -0.15) is 0 Å². The van der Waals surface area contributed by atoms with Crippen molar-refractivity contribution in [3.8, 4) is 0 Å². The van der Waals surface area contributed by atoms with Gasteiger partial charge in [0, 0.05) is 4.47 Å². The predicted molar refractivity (Wildman–Crippen MR) is 71.2 cm³/mol. The Morgan fingerprint density at radius 3 is 2.58 bits per heavy atom. The van der Waals surface area contributed by atoms with Crippen molar-refractivity contribution in [3.63, 3.8) is 0 Å². The summed E-state index contributed by atoms with van der Waals surface area (Å²) in [5, 5.41) is 2.39. The lowest BCUT2D eigenvalue weighted by Crippen LogP contribution is -2.36. The first-order valence-electron chi connectivity index (χ1n) is 5.43. The van der Waals surface area contributed by atoms with E-state index in [2.05, 4.69) is 26.0 Å². The molecule has 0 aliphatic rings. The van der Waals surface area contributed by atoms with Crippen LogP contribution >= 0.6 is 15.9 Å². The van der Waals surface area contributed by atoms with Gasteiger partial charge in [-0.15, -0.1) is 0 Å². The number of ether oxygens (including phenoxy) is 1. The Kier molecular flexibility index (Phi) is 5.50. The Morgan fingerprint density at radius 1 is 1.37 bits per heavy atom. The molecule has 0 fully saturated rings. The number of halogens is 1. The van der Waals surface area contributed by atoms with Gasteiger partial charge < -0.3 is 15.8 Å². The average Bonchev–Trinajstić information content (AvgIpc) is 2.36. The fourth-order valence-electron chi connectivity index (χ4n) is 1.19. The summed E-state index contributed by atoms with van der Waals surface area (Å²) in [6.45, 7) is 1.02. The quantitative estimate of drug-likeness (QED) is 0.773. The van der Waals surface area contributed by atoms with Crippen molar-refractivity contribution in [2.24, 2.45) is 5.73 Å². The van der Waals surface area contributed by atoms with Crippen LogP contribution < -0.4 is 11.1 Å². The minimum absolute atomic E-state index is 0.336. The fraction of sp³-hybridized carbons (Fsp3) is 0.250. The van der Waals surface area contributed by atoms with Crippen LogP contribution in [0.2, 0.25) is 0 Å². The van der Waals surface area contributed by atoms with E-state index >= 15 is 0 Å². The van der Waals surface area contributed by atoms with E-state index < -0.39 is 23.9 Å². The zero-order valence-corrected chi connectivity index (χ0v) is 11.8. The summed E-state index contributed by atoms with van der Waals surface area (Å²) in [6, 6.07) is 6.79. The van der Waals surface area contributed by atoms with Gasteiger partial charge in [-0.1, -0.05) is 12.1 Å². The first-order chi connectivity index (χ1) is 8.91. The van der Waals surface area contributed by atoms with Crippen molar-refractivity contribution < 1.29 is 19.1 Å². The minimum atomic E-state index is -1.02. The highest BCUT2D eigenvalue weighted by Gasteiger charge is 2.16. The number of carbonyl (C=O) groups excluding carboxylic acids is 3. The molecule has 1 aromatic rings. The minimum Gasteiger partial charge on any atom is -0.451 e. The second-order valence-corrected chi connectivity index (χ2v) is 4.55. The number of benzene rings is 1. The van der Waals surface area contributed by atoms with Crippen LogP contribution in [0.4, 0.5) is 0 Å². The molecule has 0 unspecified atom stereocenters. The molecule has 0 aliphatic carbocycles. The Morgan fingerprint density at radius 2 is 2.00 bits per heavy atom. The van der Waals surface area contributed by atoms with E-state index in [1.54, 1.807) is 24.3 Å². The number of rotatable bonds is 5. The van der Waals surface area contributed by atoms with Gasteiger partial charge in [0.1, 0.15) is 6.54 Å². The van der Waals surface area contributed by atoms with Gasteiger partial charge in [0.05, 0.1) is 5.56 Å². The molecule has 7 heteroatoms. The predicted octanol–water partition coefficient (Wildman–Crippen LogP) is 0.596. The van der Waals surface area contributed by atoms with Gasteiger partial charge in [0.25, 0.3) is 11.8 Å². The summed E-state index contributed by atoms with van der Waals surface area (Å²) in [6.07, 6.45) is -1.02. The molecular weight excluding hydrogens is 316 g/mol. The zero-order valence-electron chi connectivity index (χ0n) is 10.2. The zero-order chi connectivity index (χ0) is 14.4. The monoisotopic (exact) mass is 328 g/mol. The van der Waals surface area contributed by atoms with E-state index in [9.17, 15) is 14.4 Å². The Balaban J connectivity index is 2.49. The molecule has 0 spiro atoms. The maximum absolute atomic E-state index is 11.7.